The van der Waals surface area contributed by atoms with Crippen molar-refractivity contribution in [1.29, 1.82) is 0 Å². The predicted octanol–water partition coefficient (Wildman–Crippen LogP) is 3.06. The maximum absolute atomic E-state index is 11.6. The number of rotatable bonds is 3. The Morgan fingerprint density at radius 1 is 1.19 bits per heavy atom. The quantitative estimate of drug-likeness (QED) is 0.638. The van der Waals surface area contributed by atoms with Gasteiger partial charge in [-0.25, -0.2) is 8.42 Å². The van der Waals surface area contributed by atoms with Gasteiger partial charge in [-0.3, -0.25) is 14.0 Å². The molecule has 1 aliphatic heterocycles. The van der Waals surface area contributed by atoms with Crippen molar-refractivity contribution in [2.45, 2.75) is 64.3 Å². The molecule has 7 nitrogen and oxygen atoms in total. The highest BCUT2D eigenvalue weighted by Crippen LogP contribution is 2.30. The molecule has 1 heterocycles. The van der Waals surface area contributed by atoms with E-state index in [0.717, 1.165) is 41.1 Å². The topological polar surface area (TPSA) is 133 Å². The van der Waals surface area contributed by atoms with E-state index in [1.54, 1.807) is 6.26 Å². The zero-order chi connectivity index (χ0) is 24.5. The smallest absolute Gasteiger partial charge is 0.204 e. The van der Waals surface area contributed by atoms with E-state index in [4.69, 9.17) is 15.5 Å². The van der Waals surface area contributed by atoms with E-state index in [0.29, 0.717) is 11.5 Å². The third-order valence-corrected chi connectivity index (χ3v) is 8.24. The molecule has 1 aromatic rings. The first kappa shape index (κ1) is 28.0. The Labute approximate surface area is 195 Å². The fraction of sp³-hybridized carbons (Fsp3) is 0.565. The van der Waals surface area contributed by atoms with Crippen LogP contribution in [0, 0.1) is 5.41 Å². The summed E-state index contributed by atoms with van der Waals surface area (Å²) in [5.41, 5.74) is 14.7. The maximum Gasteiger partial charge on any atom is 0.204 e. The van der Waals surface area contributed by atoms with Crippen LogP contribution >= 0.6 is 0 Å². The van der Waals surface area contributed by atoms with Crippen molar-refractivity contribution in [3.05, 3.63) is 35.4 Å². The minimum Gasteiger partial charge on any atom is -0.398 e. The van der Waals surface area contributed by atoms with Crippen molar-refractivity contribution < 1.29 is 17.4 Å². The summed E-state index contributed by atoms with van der Waals surface area (Å²) < 4.78 is 32.6. The highest BCUT2D eigenvalue weighted by molar-refractivity contribution is 7.92. The highest BCUT2D eigenvalue weighted by atomic mass is 32.2. The van der Waals surface area contributed by atoms with Gasteiger partial charge in [0.1, 0.15) is 0 Å². The van der Waals surface area contributed by atoms with Crippen molar-refractivity contribution in [3.8, 4) is 0 Å². The number of nitrogens with two attached hydrogens (primary N) is 2. The average molecular weight is 484 g/mol. The Hall–Kier alpha value is -2.00. The van der Waals surface area contributed by atoms with Crippen molar-refractivity contribution in [1.82, 2.24) is 0 Å². The molecule has 3 rings (SSSR count). The molecule has 1 aliphatic carbocycles. The van der Waals surface area contributed by atoms with Gasteiger partial charge in [-0.05, 0) is 68.2 Å². The van der Waals surface area contributed by atoms with Crippen LogP contribution in [0.4, 0.5) is 0 Å². The van der Waals surface area contributed by atoms with E-state index < -0.39 is 20.6 Å². The van der Waals surface area contributed by atoms with Gasteiger partial charge in [0.15, 0.2) is 9.84 Å². The van der Waals surface area contributed by atoms with Crippen LogP contribution < -0.4 is 11.5 Å². The molecule has 1 aromatic carbocycles. The summed E-state index contributed by atoms with van der Waals surface area (Å²) in [4.78, 5) is 14.1. The lowest BCUT2D eigenvalue weighted by molar-refractivity contribution is -0.106. The van der Waals surface area contributed by atoms with Gasteiger partial charge in [0, 0.05) is 39.4 Å². The number of benzene rings is 1. The zero-order valence-electron chi connectivity index (χ0n) is 19.8. The monoisotopic (exact) mass is 483 g/mol. The first-order chi connectivity index (χ1) is 14.8. The molecule has 0 aromatic heterocycles. The molecular weight excluding hydrogens is 446 g/mol. The summed E-state index contributed by atoms with van der Waals surface area (Å²) in [6.07, 6.45) is 6.27. The van der Waals surface area contributed by atoms with Crippen LogP contribution in [0.25, 0.3) is 5.70 Å². The van der Waals surface area contributed by atoms with Gasteiger partial charge < -0.3 is 11.5 Å². The minimum atomic E-state index is -2.59. The highest BCUT2D eigenvalue weighted by Gasteiger charge is 2.40. The third-order valence-electron chi connectivity index (χ3n) is 4.88. The van der Waals surface area contributed by atoms with Crippen molar-refractivity contribution in [2.24, 2.45) is 21.9 Å². The van der Waals surface area contributed by atoms with Crippen LogP contribution in [0.1, 0.15) is 58.9 Å². The second kappa shape index (κ2) is 12.3. The van der Waals surface area contributed by atoms with Gasteiger partial charge in [0.2, 0.25) is 6.41 Å². The van der Waals surface area contributed by atoms with Gasteiger partial charge in [-0.2, -0.15) is 0 Å². The summed E-state index contributed by atoms with van der Waals surface area (Å²) in [5.74, 6) is 0.750. The number of allylic oxidation sites excluding steroid dienone is 1. The Morgan fingerprint density at radius 3 is 2.19 bits per heavy atom. The second-order valence-corrected chi connectivity index (χ2v) is 12.5. The molecule has 0 radical (unpaired) electrons. The van der Waals surface area contributed by atoms with Crippen LogP contribution in [0.2, 0.25) is 0 Å². The van der Waals surface area contributed by atoms with Gasteiger partial charge in [-0.15, -0.1) is 0 Å². The van der Waals surface area contributed by atoms with Crippen molar-refractivity contribution in [2.75, 3.05) is 17.8 Å². The number of carbonyl (C=O) groups excluding carboxylic acids is 1. The van der Waals surface area contributed by atoms with Crippen LogP contribution in [0.15, 0.2) is 39.7 Å². The molecule has 9 heteroatoms. The molecule has 2 fully saturated rings. The fourth-order valence-corrected chi connectivity index (χ4v) is 6.66. The second-order valence-electron chi connectivity index (χ2n) is 9.08. The Morgan fingerprint density at radius 2 is 1.75 bits per heavy atom. The summed E-state index contributed by atoms with van der Waals surface area (Å²) in [5, 5.41) is 0. The van der Waals surface area contributed by atoms with Crippen LogP contribution in [0.5, 0.6) is 0 Å². The minimum absolute atomic E-state index is 0.0683. The molecule has 1 saturated carbocycles. The molecule has 0 spiro atoms. The molecule has 1 amide bonds. The molecule has 4 N–H and O–H groups in total. The molecule has 32 heavy (non-hydrogen) atoms. The lowest BCUT2D eigenvalue weighted by Gasteiger charge is -2.33. The van der Waals surface area contributed by atoms with E-state index in [1.807, 2.05) is 38.1 Å². The maximum atomic E-state index is 11.6. The number of amides is 1. The number of hydrogen-bond donors (Lipinski definition) is 2. The molecule has 1 saturated heterocycles. The number of aliphatic imine (C=N–C) groups is 1. The lowest BCUT2D eigenvalue weighted by Crippen LogP contribution is -2.43. The van der Waals surface area contributed by atoms with E-state index in [-0.39, 0.29) is 17.9 Å². The summed E-state index contributed by atoms with van der Waals surface area (Å²) >= 11 is 0. The lowest BCUT2D eigenvalue weighted by atomic mass is 9.89. The Balaban J connectivity index is 0.000000384. The van der Waals surface area contributed by atoms with Crippen molar-refractivity contribution in [3.63, 3.8) is 0 Å². The molecule has 1 unspecified atom stereocenters. The number of nitrogens with zero attached hydrogens (tertiary/aromatic N) is 1. The molecular formula is C23H37N3O4S2. The van der Waals surface area contributed by atoms with E-state index >= 15 is 0 Å². The normalized spacial score (nSPS) is 22.4. The molecule has 2 aliphatic rings. The summed E-state index contributed by atoms with van der Waals surface area (Å²) in [6, 6.07) is 8.00. The Kier molecular flexibility index (Phi) is 10.8. The van der Waals surface area contributed by atoms with E-state index in [1.165, 1.54) is 12.0 Å². The SMILES string of the molecule is CC(C)N=C1CCCC/C1=C(/N)c1cccc(S(C)=O)c1.CC1(C)CS(=O)(=O)C1.NC=O. The van der Waals surface area contributed by atoms with Gasteiger partial charge in [-0.1, -0.05) is 26.0 Å². The van der Waals surface area contributed by atoms with Gasteiger partial charge in [0.05, 0.1) is 11.5 Å². The van der Waals surface area contributed by atoms with Gasteiger partial charge >= 0.3 is 0 Å². The standard InChI is InChI=1S/C17H24N2OS.C5H10O2S.CH3NO/c1-12(2)19-16-10-5-4-9-15(16)17(18)13-7-6-8-14(11-13)21(3)20;1-5(2)3-8(6,7)4-5;2-1-3/h6-8,11-12H,4-5,9-10,18H2,1-3H3;3-4H2,1-2H3;1H,(H2,2,3)/b17-15-,19-16?;;. The number of primary amides is 1. The average Bonchev–Trinajstić information content (AvgIpc) is 2.66. The van der Waals surface area contributed by atoms with Crippen LogP contribution in [0.3, 0.4) is 0 Å². The molecule has 0 bridgehead atoms. The molecule has 180 valence electrons. The first-order valence-corrected chi connectivity index (χ1v) is 14.0. The van der Waals surface area contributed by atoms with E-state index in [9.17, 15) is 12.6 Å². The summed E-state index contributed by atoms with van der Waals surface area (Å²) in [6.45, 7) is 8.12. The van der Waals surface area contributed by atoms with Gasteiger partial charge in [0.25, 0.3) is 0 Å². The first-order valence-electron chi connectivity index (χ1n) is 10.7. The van der Waals surface area contributed by atoms with Crippen LogP contribution in [-0.4, -0.2) is 48.6 Å². The largest absolute Gasteiger partial charge is 0.398 e. The molecule has 1 atom stereocenters. The third kappa shape index (κ3) is 9.24. The fourth-order valence-electron chi connectivity index (χ4n) is 3.80. The Bertz CT molecular complexity index is 967. The van der Waals surface area contributed by atoms with E-state index in [2.05, 4.69) is 19.6 Å². The number of carbonyl (C=O) groups is 1. The van der Waals surface area contributed by atoms with Crippen LogP contribution in [-0.2, 0) is 25.4 Å². The van der Waals surface area contributed by atoms with Crippen molar-refractivity contribution >= 4 is 38.5 Å². The predicted molar refractivity (Wildman–Crippen MR) is 134 cm³/mol. The number of hydrogen-bond acceptors (Lipinski definition) is 6. The summed E-state index contributed by atoms with van der Waals surface area (Å²) in [7, 11) is -3.58. The zero-order valence-corrected chi connectivity index (χ0v) is 21.4. The number of sulfone groups is 1.